The topological polar surface area (TPSA) is 106 Å². The minimum absolute atomic E-state index is 0.00361. The van der Waals surface area contributed by atoms with Crippen molar-refractivity contribution in [3.05, 3.63) is 65.4 Å². The minimum atomic E-state index is -3.74. The van der Waals surface area contributed by atoms with E-state index in [1.54, 1.807) is 6.20 Å². The highest BCUT2D eigenvalue weighted by Gasteiger charge is 2.27. The molecule has 1 aliphatic heterocycles. The fraction of sp³-hybridized carbons (Fsp3) is 0.304. The zero-order chi connectivity index (χ0) is 22.7. The molecule has 8 nitrogen and oxygen atoms in total. The molecule has 1 fully saturated rings. The van der Waals surface area contributed by atoms with Gasteiger partial charge in [-0.2, -0.15) is 4.31 Å². The number of esters is 1. The number of carbonyl (C=O) groups excluding carboxylic acids is 2. The number of para-hydroxylation sites is 1. The van der Waals surface area contributed by atoms with E-state index in [-0.39, 0.29) is 29.3 Å². The van der Waals surface area contributed by atoms with Gasteiger partial charge in [-0.1, -0.05) is 31.2 Å². The number of fused-ring (bicyclic) bond motifs is 1. The van der Waals surface area contributed by atoms with Crippen molar-refractivity contribution in [3.63, 3.8) is 0 Å². The number of hydrogen-bond donors (Lipinski definition) is 1. The van der Waals surface area contributed by atoms with Crippen molar-refractivity contribution in [3.8, 4) is 0 Å². The van der Waals surface area contributed by atoms with Gasteiger partial charge < -0.3 is 14.5 Å². The molecule has 0 saturated carbocycles. The van der Waals surface area contributed by atoms with Crippen LogP contribution in [0.25, 0.3) is 10.9 Å². The number of aromatic nitrogens is 1. The molecule has 0 bridgehead atoms. The van der Waals surface area contributed by atoms with E-state index in [4.69, 9.17) is 9.47 Å². The SMILES string of the molecule is CCc1cccc2c(C(=O)COC(=O)c3cccc(S(=O)(=O)N4CCOCC4)c3)c[nH]c12. The monoisotopic (exact) mass is 456 g/mol. The third-order valence-electron chi connectivity index (χ3n) is 5.49. The molecule has 0 atom stereocenters. The number of aromatic amines is 1. The molecule has 2 aromatic carbocycles. The van der Waals surface area contributed by atoms with Gasteiger partial charge in [0, 0.05) is 35.8 Å². The van der Waals surface area contributed by atoms with Crippen LogP contribution in [0.2, 0.25) is 0 Å². The number of aryl methyl sites for hydroxylation is 1. The van der Waals surface area contributed by atoms with Crippen LogP contribution in [-0.4, -0.2) is 62.4 Å². The second-order valence-electron chi connectivity index (χ2n) is 7.44. The van der Waals surface area contributed by atoms with Gasteiger partial charge >= 0.3 is 5.97 Å². The molecule has 0 radical (unpaired) electrons. The summed E-state index contributed by atoms with van der Waals surface area (Å²) >= 11 is 0. The number of Topliss-reactive ketones (excluding diaryl/α,β-unsaturated/α-hetero) is 1. The quantitative estimate of drug-likeness (QED) is 0.433. The molecule has 1 N–H and O–H groups in total. The highest BCUT2D eigenvalue weighted by Crippen LogP contribution is 2.23. The zero-order valence-corrected chi connectivity index (χ0v) is 18.5. The van der Waals surface area contributed by atoms with Gasteiger partial charge in [0.2, 0.25) is 15.8 Å². The van der Waals surface area contributed by atoms with Gasteiger partial charge in [0.15, 0.2) is 6.61 Å². The Morgan fingerprint density at radius 3 is 2.62 bits per heavy atom. The van der Waals surface area contributed by atoms with Crippen molar-refractivity contribution in [1.82, 2.24) is 9.29 Å². The molecule has 4 rings (SSSR count). The molecular weight excluding hydrogens is 432 g/mol. The maximum atomic E-state index is 12.8. The molecule has 3 aromatic rings. The van der Waals surface area contributed by atoms with E-state index in [9.17, 15) is 18.0 Å². The third kappa shape index (κ3) is 4.32. The Hall–Kier alpha value is -3.01. The summed E-state index contributed by atoms with van der Waals surface area (Å²) in [7, 11) is -3.74. The maximum absolute atomic E-state index is 12.8. The molecule has 0 spiro atoms. The molecule has 0 unspecified atom stereocenters. The number of nitrogens with one attached hydrogen (secondary N) is 1. The summed E-state index contributed by atoms with van der Waals surface area (Å²) in [4.78, 5) is 28.3. The van der Waals surface area contributed by atoms with Gasteiger partial charge in [0.05, 0.1) is 23.7 Å². The molecule has 0 aliphatic carbocycles. The molecule has 168 valence electrons. The Labute approximate surface area is 186 Å². The number of nitrogens with zero attached hydrogens (tertiary/aromatic N) is 1. The predicted molar refractivity (Wildman–Crippen MR) is 118 cm³/mol. The van der Waals surface area contributed by atoms with Gasteiger partial charge in [-0.15, -0.1) is 0 Å². The number of rotatable bonds is 7. The normalized spacial score (nSPS) is 15.0. The van der Waals surface area contributed by atoms with E-state index in [0.29, 0.717) is 18.8 Å². The summed E-state index contributed by atoms with van der Waals surface area (Å²) in [6, 6.07) is 11.4. The lowest BCUT2D eigenvalue weighted by Gasteiger charge is -2.26. The van der Waals surface area contributed by atoms with Crippen LogP contribution in [0.5, 0.6) is 0 Å². The zero-order valence-electron chi connectivity index (χ0n) is 17.7. The van der Waals surface area contributed by atoms with E-state index >= 15 is 0 Å². The van der Waals surface area contributed by atoms with Gasteiger partial charge in [0.1, 0.15) is 0 Å². The van der Waals surface area contributed by atoms with Crippen molar-refractivity contribution in [2.24, 2.45) is 0 Å². The lowest BCUT2D eigenvalue weighted by Crippen LogP contribution is -2.40. The smallest absolute Gasteiger partial charge is 0.338 e. The number of benzene rings is 2. The Bertz CT molecular complexity index is 1260. The lowest BCUT2D eigenvalue weighted by molar-refractivity contribution is 0.0475. The molecule has 32 heavy (non-hydrogen) atoms. The fourth-order valence-electron chi connectivity index (χ4n) is 3.75. The van der Waals surface area contributed by atoms with Crippen molar-refractivity contribution in [1.29, 1.82) is 0 Å². The van der Waals surface area contributed by atoms with E-state index in [2.05, 4.69) is 4.98 Å². The summed E-state index contributed by atoms with van der Waals surface area (Å²) in [6.07, 6.45) is 2.44. The van der Waals surface area contributed by atoms with E-state index in [1.165, 1.54) is 28.6 Å². The van der Waals surface area contributed by atoms with Crippen LogP contribution in [0.1, 0.15) is 33.2 Å². The highest BCUT2D eigenvalue weighted by molar-refractivity contribution is 7.89. The second kappa shape index (κ2) is 9.23. The molecule has 9 heteroatoms. The summed E-state index contributed by atoms with van der Waals surface area (Å²) in [5, 5.41) is 0.781. The Kier molecular flexibility index (Phi) is 6.40. The summed E-state index contributed by atoms with van der Waals surface area (Å²) in [5.74, 6) is -1.10. The molecule has 2 heterocycles. The number of ketones is 1. The molecule has 1 aromatic heterocycles. The molecule has 1 aliphatic rings. The van der Waals surface area contributed by atoms with Crippen molar-refractivity contribution in [2.75, 3.05) is 32.9 Å². The standard InChI is InChI=1S/C23H24N2O6S/c1-2-16-5-4-8-19-20(14-24-22(16)19)21(26)15-31-23(27)17-6-3-7-18(13-17)32(28,29)25-9-11-30-12-10-25/h3-8,13-14,24H,2,9-12,15H2,1H3. The van der Waals surface area contributed by atoms with Crippen molar-refractivity contribution >= 4 is 32.7 Å². The number of H-pyrrole nitrogens is 1. The van der Waals surface area contributed by atoms with Crippen LogP contribution in [0.3, 0.4) is 0 Å². The lowest BCUT2D eigenvalue weighted by atomic mass is 10.1. The van der Waals surface area contributed by atoms with Gasteiger partial charge in [0.25, 0.3) is 0 Å². The van der Waals surface area contributed by atoms with E-state index in [1.807, 2.05) is 25.1 Å². The van der Waals surface area contributed by atoms with Crippen LogP contribution in [0, 0.1) is 0 Å². The summed E-state index contributed by atoms with van der Waals surface area (Å²) < 4.78 is 37.4. The Balaban J connectivity index is 1.47. The number of sulfonamides is 1. The summed E-state index contributed by atoms with van der Waals surface area (Å²) in [6.45, 7) is 2.77. The van der Waals surface area contributed by atoms with Crippen molar-refractivity contribution in [2.45, 2.75) is 18.2 Å². The first-order chi connectivity index (χ1) is 15.4. The predicted octanol–water partition coefficient (Wildman–Crippen LogP) is 2.79. The second-order valence-corrected chi connectivity index (χ2v) is 9.38. The molecular formula is C23H24N2O6S. The fourth-order valence-corrected chi connectivity index (χ4v) is 5.21. The van der Waals surface area contributed by atoms with Gasteiger partial charge in [-0.3, -0.25) is 4.79 Å². The Morgan fingerprint density at radius 2 is 1.88 bits per heavy atom. The molecule has 0 amide bonds. The van der Waals surface area contributed by atoms with Gasteiger partial charge in [-0.25, -0.2) is 13.2 Å². The van der Waals surface area contributed by atoms with Crippen LogP contribution < -0.4 is 0 Å². The number of ether oxygens (including phenoxy) is 2. The van der Waals surface area contributed by atoms with E-state index < -0.39 is 22.6 Å². The summed E-state index contributed by atoms with van der Waals surface area (Å²) in [5.41, 5.74) is 2.51. The van der Waals surface area contributed by atoms with Crippen molar-refractivity contribution < 1.29 is 27.5 Å². The Morgan fingerprint density at radius 1 is 1.12 bits per heavy atom. The number of morpholine rings is 1. The molecule has 1 saturated heterocycles. The number of carbonyl (C=O) groups is 2. The van der Waals surface area contributed by atoms with Gasteiger partial charge in [-0.05, 0) is 30.2 Å². The average Bonchev–Trinajstić information content (AvgIpc) is 3.27. The largest absolute Gasteiger partial charge is 0.454 e. The van der Waals surface area contributed by atoms with Crippen LogP contribution in [-0.2, 0) is 25.9 Å². The highest BCUT2D eigenvalue weighted by atomic mass is 32.2. The van der Waals surface area contributed by atoms with Crippen LogP contribution in [0.15, 0.2) is 53.6 Å². The first kappa shape index (κ1) is 22.2. The average molecular weight is 457 g/mol. The minimum Gasteiger partial charge on any atom is -0.454 e. The van der Waals surface area contributed by atoms with E-state index in [0.717, 1.165) is 22.9 Å². The number of hydrogen-bond acceptors (Lipinski definition) is 6. The first-order valence-electron chi connectivity index (χ1n) is 10.4. The third-order valence-corrected chi connectivity index (χ3v) is 7.39. The first-order valence-corrected chi connectivity index (χ1v) is 11.8. The maximum Gasteiger partial charge on any atom is 0.338 e. The van der Waals surface area contributed by atoms with Crippen LogP contribution >= 0.6 is 0 Å². The van der Waals surface area contributed by atoms with Crippen LogP contribution in [0.4, 0.5) is 0 Å².